The smallest absolute Gasteiger partial charge is 0.410 e. The van der Waals surface area contributed by atoms with Crippen LogP contribution >= 0.6 is 0 Å². The van der Waals surface area contributed by atoms with Gasteiger partial charge in [-0.2, -0.15) is 13.2 Å². The lowest BCUT2D eigenvalue weighted by molar-refractivity contribution is -0.191. The van der Waals surface area contributed by atoms with Crippen LogP contribution in [0.4, 0.5) is 18.0 Å². The second-order valence-electron chi connectivity index (χ2n) is 6.23. The van der Waals surface area contributed by atoms with Crippen LogP contribution in [0, 0.1) is 5.92 Å². The van der Waals surface area contributed by atoms with E-state index >= 15 is 0 Å². The average molecular weight is 311 g/mol. The van der Waals surface area contributed by atoms with Crippen LogP contribution in [0.5, 0.6) is 0 Å². The standard InChI is InChI=1S/C13H20F3NO4/c1-12(2,3)21-11(20)17-7-8(6-10(18)19)4-5-9(17)13(14,15)16/h8-9H,4-7H2,1-3H3,(H,18,19)/t8-,9-/m0/s1. The highest BCUT2D eigenvalue weighted by molar-refractivity contribution is 5.70. The first-order valence-electron chi connectivity index (χ1n) is 6.68. The second kappa shape index (κ2) is 6.11. The van der Waals surface area contributed by atoms with Gasteiger partial charge in [0.1, 0.15) is 11.6 Å². The molecule has 2 atom stereocenters. The predicted octanol–water partition coefficient (Wildman–Crippen LogP) is 3.04. The third-order valence-corrected chi connectivity index (χ3v) is 3.15. The number of piperidine rings is 1. The normalized spacial score (nSPS) is 23.8. The first kappa shape index (κ1) is 17.6. The first-order valence-corrected chi connectivity index (χ1v) is 6.68. The number of alkyl halides is 3. The molecule has 0 aliphatic carbocycles. The van der Waals surface area contributed by atoms with E-state index in [4.69, 9.17) is 9.84 Å². The van der Waals surface area contributed by atoms with E-state index in [0.717, 1.165) is 0 Å². The summed E-state index contributed by atoms with van der Waals surface area (Å²) >= 11 is 0. The fraction of sp³-hybridized carbons (Fsp3) is 0.846. The van der Waals surface area contributed by atoms with Crippen molar-refractivity contribution >= 4 is 12.1 Å². The average Bonchev–Trinajstić information content (AvgIpc) is 2.24. The van der Waals surface area contributed by atoms with E-state index in [1.165, 1.54) is 0 Å². The molecule has 122 valence electrons. The number of aliphatic carboxylic acids is 1. The van der Waals surface area contributed by atoms with Crippen molar-refractivity contribution in [2.45, 2.75) is 57.9 Å². The molecule has 8 heteroatoms. The number of nitrogens with zero attached hydrogens (tertiary/aromatic N) is 1. The molecule has 0 bridgehead atoms. The topological polar surface area (TPSA) is 66.8 Å². The Labute approximate surface area is 121 Å². The minimum absolute atomic E-state index is 0.121. The largest absolute Gasteiger partial charge is 0.481 e. The van der Waals surface area contributed by atoms with Crippen LogP contribution in [-0.4, -0.2) is 46.4 Å². The number of hydrogen-bond donors (Lipinski definition) is 1. The number of rotatable bonds is 2. The highest BCUT2D eigenvalue weighted by atomic mass is 19.4. The highest BCUT2D eigenvalue weighted by Crippen LogP contribution is 2.35. The number of carboxylic acid groups (broad SMARTS) is 1. The van der Waals surface area contributed by atoms with E-state index in [1.54, 1.807) is 20.8 Å². The van der Waals surface area contributed by atoms with Gasteiger partial charge in [-0.15, -0.1) is 0 Å². The molecule has 0 aromatic carbocycles. The maximum Gasteiger partial charge on any atom is 0.410 e. The lowest BCUT2D eigenvalue weighted by Gasteiger charge is -2.40. The molecule has 1 N–H and O–H groups in total. The number of carbonyl (C=O) groups is 2. The molecule has 1 saturated heterocycles. The fourth-order valence-corrected chi connectivity index (χ4v) is 2.32. The second-order valence-corrected chi connectivity index (χ2v) is 6.23. The Hall–Kier alpha value is -1.47. The Morgan fingerprint density at radius 3 is 2.24 bits per heavy atom. The number of carboxylic acids is 1. The van der Waals surface area contributed by atoms with Crippen molar-refractivity contribution < 1.29 is 32.6 Å². The van der Waals surface area contributed by atoms with Crippen molar-refractivity contribution in [2.75, 3.05) is 6.54 Å². The molecule has 0 saturated carbocycles. The van der Waals surface area contributed by atoms with Crippen molar-refractivity contribution in [3.8, 4) is 0 Å². The number of amides is 1. The van der Waals surface area contributed by atoms with Crippen molar-refractivity contribution in [3.05, 3.63) is 0 Å². The molecule has 1 fully saturated rings. The van der Waals surface area contributed by atoms with E-state index in [-0.39, 0.29) is 25.8 Å². The summed E-state index contributed by atoms with van der Waals surface area (Å²) < 4.78 is 44.0. The molecule has 1 rings (SSSR count). The Morgan fingerprint density at radius 2 is 1.81 bits per heavy atom. The molecule has 0 spiro atoms. The van der Waals surface area contributed by atoms with Crippen LogP contribution in [0.1, 0.15) is 40.0 Å². The number of hydrogen-bond acceptors (Lipinski definition) is 3. The Kier molecular flexibility index (Phi) is 5.11. The van der Waals surface area contributed by atoms with Gasteiger partial charge in [0.2, 0.25) is 0 Å². The lowest BCUT2D eigenvalue weighted by Crippen LogP contribution is -2.54. The molecule has 5 nitrogen and oxygen atoms in total. The summed E-state index contributed by atoms with van der Waals surface area (Å²) in [6.45, 7) is 4.43. The van der Waals surface area contributed by atoms with Gasteiger partial charge in [-0.25, -0.2) is 4.79 Å². The van der Waals surface area contributed by atoms with Crippen LogP contribution in [0.15, 0.2) is 0 Å². The maximum absolute atomic E-state index is 13.0. The monoisotopic (exact) mass is 311 g/mol. The van der Waals surface area contributed by atoms with Crippen LogP contribution < -0.4 is 0 Å². The van der Waals surface area contributed by atoms with Gasteiger partial charge in [0.15, 0.2) is 0 Å². The number of carbonyl (C=O) groups excluding carboxylic acids is 1. The molecular weight excluding hydrogens is 291 g/mol. The molecular formula is C13H20F3NO4. The quantitative estimate of drug-likeness (QED) is 0.851. The van der Waals surface area contributed by atoms with Gasteiger partial charge in [-0.1, -0.05) is 0 Å². The highest BCUT2D eigenvalue weighted by Gasteiger charge is 2.49. The zero-order valence-electron chi connectivity index (χ0n) is 12.2. The molecule has 1 aliphatic rings. The summed E-state index contributed by atoms with van der Waals surface area (Å²) in [6, 6.07) is -1.92. The number of halogens is 3. The zero-order chi connectivity index (χ0) is 16.4. The van der Waals surface area contributed by atoms with E-state index in [1.807, 2.05) is 0 Å². The molecule has 0 aromatic heterocycles. The van der Waals surface area contributed by atoms with Crippen LogP contribution in [0.2, 0.25) is 0 Å². The molecule has 21 heavy (non-hydrogen) atoms. The molecule has 0 radical (unpaired) electrons. The third kappa shape index (κ3) is 5.43. The van der Waals surface area contributed by atoms with Gasteiger partial charge in [-0.05, 0) is 39.5 Å². The van der Waals surface area contributed by atoms with Gasteiger partial charge in [0.25, 0.3) is 0 Å². The van der Waals surface area contributed by atoms with E-state index < -0.39 is 35.8 Å². The molecule has 1 aliphatic heterocycles. The molecule has 0 aromatic rings. The minimum Gasteiger partial charge on any atom is -0.481 e. The van der Waals surface area contributed by atoms with Crippen molar-refractivity contribution in [3.63, 3.8) is 0 Å². The lowest BCUT2D eigenvalue weighted by atomic mass is 9.90. The number of ether oxygens (including phenoxy) is 1. The van der Waals surface area contributed by atoms with Crippen LogP contribution in [0.3, 0.4) is 0 Å². The molecule has 0 unspecified atom stereocenters. The van der Waals surface area contributed by atoms with Gasteiger partial charge in [-0.3, -0.25) is 9.69 Å². The third-order valence-electron chi connectivity index (χ3n) is 3.15. The Bertz CT molecular complexity index is 403. The van der Waals surface area contributed by atoms with Gasteiger partial charge in [0, 0.05) is 13.0 Å². The fourth-order valence-electron chi connectivity index (χ4n) is 2.32. The zero-order valence-corrected chi connectivity index (χ0v) is 12.2. The molecule has 1 amide bonds. The molecule has 1 heterocycles. The van der Waals surface area contributed by atoms with E-state index in [0.29, 0.717) is 4.90 Å². The van der Waals surface area contributed by atoms with E-state index in [2.05, 4.69) is 0 Å². The summed E-state index contributed by atoms with van der Waals surface area (Å²) in [7, 11) is 0. The summed E-state index contributed by atoms with van der Waals surface area (Å²) in [5.41, 5.74) is -0.910. The SMILES string of the molecule is CC(C)(C)OC(=O)N1C[C@H](CC(=O)O)CC[C@H]1C(F)(F)F. The first-order chi connectivity index (χ1) is 9.40. The van der Waals surface area contributed by atoms with E-state index in [9.17, 15) is 22.8 Å². The van der Waals surface area contributed by atoms with Gasteiger partial charge < -0.3 is 9.84 Å². The van der Waals surface area contributed by atoms with Gasteiger partial charge in [0.05, 0.1) is 0 Å². The summed E-state index contributed by atoms with van der Waals surface area (Å²) in [5.74, 6) is -1.58. The Morgan fingerprint density at radius 1 is 1.24 bits per heavy atom. The predicted molar refractivity (Wildman–Crippen MR) is 67.8 cm³/mol. The summed E-state index contributed by atoms with van der Waals surface area (Å²) in [5, 5.41) is 8.75. The summed E-state index contributed by atoms with van der Waals surface area (Å²) in [4.78, 5) is 23.3. The Balaban J connectivity index is 2.88. The van der Waals surface area contributed by atoms with Crippen LogP contribution in [0.25, 0.3) is 0 Å². The van der Waals surface area contributed by atoms with Crippen LogP contribution in [-0.2, 0) is 9.53 Å². The summed E-state index contributed by atoms with van der Waals surface area (Å²) in [6.07, 6.45) is -6.05. The van der Waals surface area contributed by atoms with Crippen molar-refractivity contribution in [1.29, 1.82) is 0 Å². The maximum atomic E-state index is 13.0. The van der Waals surface area contributed by atoms with Crippen molar-refractivity contribution in [1.82, 2.24) is 4.90 Å². The minimum atomic E-state index is -4.55. The van der Waals surface area contributed by atoms with Crippen molar-refractivity contribution in [2.24, 2.45) is 5.92 Å². The van der Waals surface area contributed by atoms with Gasteiger partial charge >= 0.3 is 18.2 Å². The number of likely N-dealkylation sites (tertiary alicyclic amines) is 1.